The lowest BCUT2D eigenvalue weighted by Gasteiger charge is -2.28. The highest BCUT2D eigenvalue weighted by Crippen LogP contribution is 2.38. The molecule has 2 atom stereocenters. The summed E-state index contributed by atoms with van der Waals surface area (Å²) in [5, 5.41) is 6.81. The molecule has 1 aliphatic heterocycles. The molecular weight excluding hydrogens is 244 g/mol. The minimum atomic E-state index is 0.0915. The molecule has 0 bridgehead atoms. The largest absolute Gasteiger partial charge is 0.371 e. The maximum atomic E-state index is 5.90. The molecule has 0 aromatic carbocycles. The van der Waals surface area contributed by atoms with Gasteiger partial charge >= 0.3 is 0 Å². The summed E-state index contributed by atoms with van der Waals surface area (Å²) in [6.45, 7) is 10.5. The first-order valence-corrected chi connectivity index (χ1v) is 7.70. The highest BCUT2D eigenvalue weighted by atomic mass is 32.1. The molecule has 2 rings (SSSR count). The number of nitrogens with one attached hydrogen (secondary N) is 1. The molecule has 0 amide bonds. The van der Waals surface area contributed by atoms with Crippen molar-refractivity contribution in [3.8, 4) is 0 Å². The van der Waals surface area contributed by atoms with Gasteiger partial charge in [-0.3, -0.25) is 0 Å². The number of hydrogen-bond donors (Lipinski definition) is 1. The van der Waals surface area contributed by atoms with Crippen molar-refractivity contribution in [2.45, 2.75) is 52.7 Å². The highest BCUT2D eigenvalue weighted by molar-refractivity contribution is 7.09. The van der Waals surface area contributed by atoms with Gasteiger partial charge in [0.05, 0.1) is 11.7 Å². The fourth-order valence-electron chi connectivity index (χ4n) is 2.38. The number of rotatable bonds is 4. The summed E-state index contributed by atoms with van der Waals surface area (Å²) in [5.74, 6) is 0. The van der Waals surface area contributed by atoms with Crippen LogP contribution in [0.4, 0.5) is 0 Å². The molecule has 0 aliphatic carbocycles. The predicted molar refractivity (Wildman–Crippen MR) is 75.9 cm³/mol. The Hall–Kier alpha value is -0.450. The molecule has 1 aromatic rings. The molecule has 102 valence electrons. The Balaban J connectivity index is 2.15. The average Bonchev–Trinajstić information content (AvgIpc) is 2.94. The summed E-state index contributed by atoms with van der Waals surface area (Å²) >= 11 is 1.74. The highest BCUT2D eigenvalue weighted by Gasteiger charge is 2.30. The predicted octanol–water partition coefficient (Wildman–Crippen LogP) is 3.69. The molecule has 0 spiro atoms. The van der Waals surface area contributed by atoms with Crippen molar-refractivity contribution in [1.29, 1.82) is 0 Å². The van der Waals surface area contributed by atoms with Gasteiger partial charge in [-0.1, -0.05) is 20.8 Å². The zero-order chi connectivity index (χ0) is 13.2. The van der Waals surface area contributed by atoms with Crippen LogP contribution in [0.1, 0.15) is 63.4 Å². The van der Waals surface area contributed by atoms with Gasteiger partial charge in [-0.05, 0) is 31.7 Å². The van der Waals surface area contributed by atoms with Gasteiger partial charge < -0.3 is 10.1 Å². The van der Waals surface area contributed by atoms with Gasteiger partial charge in [0.1, 0.15) is 11.1 Å². The van der Waals surface area contributed by atoms with Gasteiger partial charge in [0.2, 0.25) is 0 Å². The van der Waals surface area contributed by atoms with Gasteiger partial charge in [0.15, 0.2) is 0 Å². The molecule has 2 heterocycles. The van der Waals surface area contributed by atoms with E-state index < -0.39 is 0 Å². The van der Waals surface area contributed by atoms with Crippen molar-refractivity contribution in [3.63, 3.8) is 0 Å². The smallest absolute Gasteiger partial charge is 0.122 e. The Morgan fingerprint density at radius 3 is 2.89 bits per heavy atom. The zero-order valence-electron chi connectivity index (χ0n) is 11.8. The molecule has 0 saturated carbocycles. The summed E-state index contributed by atoms with van der Waals surface area (Å²) in [6, 6.07) is 0.456. The van der Waals surface area contributed by atoms with Gasteiger partial charge in [-0.25, -0.2) is 4.98 Å². The van der Waals surface area contributed by atoms with E-state index in [9.17, 15) is 0 Å². The third-order valence-corrected chi connectivity index (χ3v) is 4.21. The molecule has 1 fully saturated rings. The molecule has 18 heavy (non-hydrogen) atoms. The van der Waals surface area contributed by atoms with Gasteiger partial charge in [0, 0.05) is 12.0 Å². The Morgan fingerprint density at radius 1 is 1.56 bits per heavy atom. The van der Waals surface area contributed by atoms with Crippen molar-refractivity contribution < 1.29 is 4.74 Å². The Morgan fingerprint density at radius 2 is 2.33 bits per heavy atom. The number of nitrogens with zero attached hydrogens (tertiary/aromatic N) is 1. The third-order valence-electron chi connectivity index (χ3n) is 3.30. The van der Waals surface area contributed by atoms with Gasteiger partial charge in [0.25, 0.3) is 0 Å². The lowest BCUT2D eigenvalue weighted by atomic mass is 9.89. The first-order valence-electron chi connectivity index (χ1n) is 6.82. The quantitative estimate of drug-likeness (QED) is 0.904. The summed E-state index contributed by atoms with van der Waals surface area (Å²) in [6.07, 6.45) is 2.56. The molecule has 1 aliphatic rings. The van der Waals surface area contributed by atoms with E-state index in [1.165, 1.54) is 18.5 Å². The van der Waals surface area contributed by atoms with Crippen LogP contribution >= 0.6 is 11.3 Å². The number of ether oxygens (including phenoxy) is 1. The van der Waals surface area contributed by atoms with Crippen LogP contribution in [0.3, 0.4) is 0 Å². The van der Waals surface area contributed by atoms with Crippen LogP contribution < -0.4 is 5.32 Å². The lowest BCUT2D eigenvalue weighted by Crippen LogP contribution is -2.21. The van der Waals surface area contributed by atoms with Crippen LogP contribution in [0.5, 0.6) is 0 Å². The van der Waals surface area contributed by atoms with Crippen LogP contribution in [-0.2, 0) is 4.74 Å². The molecular formula is C14H24N2OS. The summed E-state index contributed by atoms with van der Waals surface area (Å²) in [4.78, 5) is 4.81. The summed E-state index contributed by atoms with van der Waals surface area (Å²) < 4.78 is 5.90. The molecule has 1 saturated heterocycles. The lowest BCUT2D eigenvalue weighted by molar-refractivity contribution is -0.0134. The van der Waals surface area contributed by atoms with Crippen LogP contribution in [0.15, 0.2) is 5.38 Å². The van der Waals surface area contributed by atoms with E-state index in [1.807, 2.05) is 6.92 Å². The van der Waals surface area contributed by atoms with Crippen LogP contribution in [0, 0.1) is 5.41 Å². The normalized spacial score (nSPS) is 22.3. The second-order valence-corrected chi connectivity index (χ2v) is 6.85. The molecule has 1 unspecified atom stereocenters. The number of hydrogen-bond acceptors (Lipinski definition) is 4. The second-order valence-electron chi connectivity index (χ2n) is 5.96. The fraction of sp³-hybridized carbons (Fsp3) is 0.786. The van der Waals surface area contributed by atoms with Gasteiger partial charge in [-0.15, -0.1) is 11.3 Å². The Kier molecular flexibility index (Phi) is 4.41. The number of aromatic nitrogens is 1. The maximum Gasteiger partial charge on any atom is 0.122 e. The van der Waals surface area contributed by atoms with Crippen LogP contribution in [-0.4, -0.2) is 18.1 Å². The van der Waals surface area contributed by atoms with Crippen molar-refractivity contribution in [2.75, 3.05) is 13.2 Å². The van der Waals surface area contributed by atoms with Crippen molar-refractivity contribution in [2.24, 2.45) is 5.41 Å². The fourth-order valence-corrected chi connectivity index (χ4v) is 3.54. The Labute approximate surface area is 114 Å². The zero-order valence-corrected chi connectivity index (χ0v) is 12.6. The van der Waals surface area contributed by atoms with Crippen molar-refractivity contribution in [3.05, 3.63) is 16.1 Å². The van der Waals surface area contributed by atoms with E-state index in [-0.39, 0.29) is 11.5 Å². The van der Waals surface area contributed by atoms with Crippen molar-refractivity contribution >= 4 is 11.3 Å². The monoisotopic (exact) mass is 268 g/mol. The van der Waals surface area contributed by atoms with Gasteiger partial charge in [-0.2, -0.15) is 0 Å². The molecule has 1 N–H and O–H groups in total. The van der Waals surface area contributed by atoms with E-state index in [0.29, 0.717) is 6.04 Å². The SMILES string of the molecule is CCOC(c1nc([C@@H]2CCCN2)cs1)C(C)(C)C. The second kappa shape index (κ2) is 5.68. The van der Waals surface area contributed by atoms with E-state index in [2.05, 4.69) is 31.5 Å². The first kappa shape index (κ1) is 14.0. The minimum Gasteiger partial charge on any atom is -0.371 e. The average molecular weight is 268 g/mol. The number of thiazole rings is 1. The third kappa shape index (κ3) is 3.11. The van der Waals surface area contributed by atoms with Crippen LogP contribution in [0.25, 0.3) is 0 Å². The van der Waals surface area contributed by atoms with E-state index >= 15 is 0 Å². The van der Waals surface area contributed by atoms with Crippen molar-refractivity contribution in [1.82, 2.24) is 10.3 Å². The minimum absolute atomic E-state index is 0.0915. The van der Waals surface area contributed by atoms with E-state index in [4.69, 9.17) is 9.72 Å². The first-order chi connectivity index (χ1) is 8.52. The maximum absolute atomic E-state index is 5.90. The standard InChI is InChI=1S/C14H24N2OS/c1-5-17-12(14(2,3)4)13-16-11(9-18-13)10-7-6-8-15-10/h9-10,12,15H,5-8H2,1-4H3/t10-,12?/m0/s1. The summed E-state index contributed by atoms with van der Waals surface area (Å²) in [5.41, 5.74) is 1.29. The Bertz CT molecular complexity index is 377. The summed E-state index contributed by atoms with van der Waals surface area (Å²) in [7, 11) is 0. The molecule has 3 nitrogen and oxygen atoms in total. The topological polar surface area (TPSA) is 34.1 Å². The van der Waals surface area contributed by atoms with E-state index in [1.54, 1.807) is 11.3 Å². The van der Waals surface area contributed by atoms with E-state index in [0.717, 1.165) is 18.2 Å². The molecule has 4 heteroatoms. The van der Waals surface area contributed by atoms with Crippen LogP contribution in [0.2, 0.25) is 0 Å². The molecule has 0 radical (unpaired) electrons. The molecule has 1 aromatic heterocycles.